The molecule has 3 nitrogen and oxygen atoms in total. The van der Waals surface area contributed by atoms with Crippen molar-refractivity contribution in [2.75, 3.05) is 0 Å². The van der Waals surface area contributed by atoms with Gasteiger partial charge in [0.1, 0.15) is 12.4 Å². The lowest BCUT2D eigenvalue weighted by atomic mass is 10.2. The average molecular weight is 386 g/mol. The molecule has 0 amide bonds. The van der Waals surface area contributed by atoms with Crippen LogP contribution >= 0.6 is 31.9 Å². The van der Waals surface area contributed by atoms with Crippen molar-refractivity contribution in [2.45, 2.75) is 6.61 Å². The Morgan fingerprint density at radius 2 is 1.89 bits per heavy atom. The third-order valence-electron chi connectivity index (χ3n) is 2.47. The van der Waals surface area contributed by atoms with Crippen molar-refractivity contribution < 1.29 is 14.6 Å². The zero-order chi connectivity index (χ0) is 13.8. The number of carbonyl (C=O) groups is 1. The number of ether oxygens (including phenoxy) is 1. The van der Waals surface area contributed by atoms with E-state index in [9.17, 15) is 4.79 Å². The molecule has 0 bridgehead atoms. The van der Waals surface area contributed by atoms with Gasteiger partial charge in [-0.2, -0.15) is 0 Å². The van der Waals surface area contributed by atoms with E-state index in [1.807, 2.05) is 24.3 Å². The van der Waals surface area contributed by atoms with Crippen LogP contribution in [-0.4, -0.2) is 11.1 Å². The number of hydrogen-bond acceptors (Lipinski definition) is 2. The second-order valence-electron chi connectivity index (χ2n) is 3.86. The van der Waals surface area contributed by atoms with E-state index in [0.29, 0.717) is 16.8 Å². The van der Waals surface area contributed by atoms with Gasteiger partial charge in [0.2, 0.25) is 0 Å². The lowest BCUT2D eigenvalue weighted by molar-refractivity contribution is 0.0696. The Hall–Kier alpha value is -1.33. The number of hydrogen-bond donors (Lipinski definition) is 1. The molecule has 0 aliphatic rings. The lowest BCUT2D eigenvalue weighted by Gasteiger charge is -2.09. The molecule has 5 heteroatoms. The van der Waals surface area contributed by atoms with Crippen molar-refractivity contribution in [1.29, 1.82) is 0 Å². The maximum Gasteiger partial charge on any atom is 0.335 e. The van der Waals surface area contributed by atoms with Crippen LogP contribution in [0.1, 0.15) is 15.9 Å². The monoisotopic (exact) mass is 384 g/mol. The summed E-state index contributed by atoms with van der Waals surface area (Å²) in [6.07, 6.45) is 0. The maximum atomic E-state index is 10.9. The average Bonchev–Trinajstić information content (AvgIpc) is 2.37. The normalized spacial score (nSPS) is 10.2. The number of rotatable bonds is 4. The molecule has 2 aromatic carbocycles. The Morgan fingerprint density at radius 3 is 2.58 bits per heavy atom. The molecule has 0 radical (unpaired) electrons. The van der Waals surface area contributed by atoms with E-state index >= 15 is 0 Å². The number of benzene rings is 2. The van der Waals surface area contributed by atoms with Crippen molar-refractivity contribution in [3.63, 3.8) is 0 Å². The fourth-order valence-electron chi connectivity index (χ4n) is 1.55. The van der Waals surface area contributed by atoms with Crippen LogP contribution < -0.4 is 4.74 Å². The van der Waals surface area contributed by atoms with Gasteiger partial charge in [0.25, 0.3) is 0 Å². The first-order chi connectivity index (χ1) is 9.06. The summed E-state index contributed by atoms with van der Waals surface area (Å²) in [6, 6.07) is 12.5. The molecule has 0 aliphatic heterocycles. The van der Waals surface area contributed by atoms with Crippen LogP contribution in [0.25, 0.3) is 0 Å². The van der Waals surface area contributed by atoms with Crippen molar-refractivity contribution in [1.82, 2.24) is 0 Å². The summed E-state index contributed by atoms with van der Waals surface area (Å²) in [5, 5.41) is 8.98. The molecule has 0 spiro atoms. The summed E-state index contributed by atoms with van der Waals surface area (Å²) in [5.41, 5.74) is 1.19. The minimum Gasteiger partial charge on any atom is -0.489 e. The first-order valence-corrected chi connectivity index (χ1v) is 7.05. The minimum atomic E-state index is -0.980. The van der Waals surface area contributed by atoms with E-state index in [2.05, 4.69) is 31.9 Å². The molecule has 0 saturated heterocycles. The van der Waals surface area contributed by atoms with E-state index in [-0.39, 0.29) is 5.56 Å². The van der Waals surface area contributed by atoms with Crippen LogP contribution in [0, 0.1) is 0 Å². The molecule has 0 aliphatic carbocycles. The summed E-state index contributed by atoms with van der Waals surface area (Å²) in [5.74, 6) is -0.463. The predicted molar refractivity (Wildman–Crippen MR) is 79.6 cm³/mol. The highest BCUT2D eigenvalue weighted by Crippen LogP contribution is 2.24. The Kier molecular flexibility index (Phi) is 4.61. The lowest BCUT2D eigenvalue weighted by Crippen LogP contribution is -2.00. The smallest absolute Gasteiger partial charge is 0.335 e. The minimum absolute atomic E-state index is 0.191. The molecular formula is C14H10Br2O3. The first kappa shape index (κ1) is 14.1. The predicted octanol–water partition coefficient (Wildman–Crippen LogP) is 4.49. The van der Waals surface area contributed by atoms with Crippen LogP contribution in [0.4, 0.5) is 0 Å². The fourth-order valence-corrected chi connectivity index (χ4v) is 2.42. The second kappa shape index (κ2) is 6.21. The molecule has 1 N–H and O–H groups in total. The SMILES string of the molecule is O=C(O)c1cc(Br)cc(OCc2ccccc2Br)c1. The molecule has 19 heavy (non-hydrogen) atoms. The number of aromatic carboxylic acids is 1. The Bertz CT molecular complexity index is 611. The molecule has 98 valence electrons. The van der Waals surface area contributed by atoms with Gasteiger partial charge in [-0.1, -0.05) is 50.1 Å². The van der Waals surface area contributed by atoms with Crippen molar-refractivity contribution in [3.8, 4) is 5.75 Å². The summed E-state index contributed by atoms with van der Waals surface area (Å²) in [7, 11) is 0. The largest absolute Gasteiger partial charge is 0.489 e. The van der Waals surface area contributed by atoms with Crippen molar-refractivity contribution >= 4 is 37.8 Å². The highest BCUT2D eigenvalue weighted by atomic mass is 79.9. The Labute approximate surface area is 127 Å². The molecule has 0 aromatic heterocycles. The van der Waals surface area contributed by atoms with E-state index in [1.165, 1.54) is 12.1 Å². The van der Waals surface area contributed by atoms with Crippen LogP contribution in [0.3, 0.4) is 0 Å². The quantitative estimate of drug-likeness (QED) is 0.843. The van der Waals surface area contributed by atoms with Crippen LogP contribution in [0.5, 0.6) is 5.75 Å². The van der Waals surface area contributed by atoms with Crippen LogP contribution in [0.2, 0.25) is 0 Å². The van der Waals surface area contributed by atoms with E-state index in [1.54, 1.807) is 6.07 Å². The number of halogens is 2. The molecule has 2 rings (SSSR count). The molecule has 0 unspecified atom stereocenters. The van der Waals surface area contributed by atoms with Gasteiger partial charge >= 0.3 is 5.97 Å². The van der Waals surface area contributed by atoms with Crippen molar-refractivity contribution in [2.24, 2.45) is 0 Å². The first-order valence-electron chi connectivity index (χ1n) is 5.46. The van der Waals surface area contributed by atoms with Gasteiger partial charge in [0, 0.05) is 14.5 Å². The molecule has 0 fully saturated rings. The summed E-state index contributed by atoms with van der Waals surface area (Å²) >= 11 is 6.71. The van der Waals surface area contributed by atoms with E-state index in [4.69, 9.17) is 9.84 Å². The van der Waals surface area contributed by atoms with Crippen molar-refractivity contribution in [3.05, 3.63) is 62.5 Å². The van der Waals surface area contributed by atoms with Gasteiger partial charge in [-0.15, -0.1) is 0 Å². The van der Waals surface area contributed by atoms with Gasteiger partial charge in [-0.3, -0.25) is 0 Å². The zero-order valence-corrected chi connectivity index (χ0v) is 12.9. The van der Waals surface area contributed by atoms with E-state index in [0.717, 1.165) is 10.0 Å². The topological polar surface area (TPSA) is 46.5 Å². The van der Waals surface area contributed by atoms with Gasteiger partial charge in [0.05, 0.1) is 5.56 Å². The van der Waals surface area contributed by atoms with Gasteiger partial charge < -0.3 is 9.84 Å². The van der Waals surface area contributed by atoms with Crippen LogP contribution in [-0.2, 0) is 6.61 Å². The number of carboxylic acid groups (broad SMARTS) is 1. The summed E-state index contributed by atoms with van der Waals surface area (Å²) < 4.78 is 7.26. The highest BCUT2D eigenvalue weighted by molar-refractivity contribution is 9.10. The standard InChI is InChI=1S/C14H10Br2O3/c15-11-5-10(14(17)18)6-12(7-11)19-8-9-3-1-2-4-13(9)16/h1-7H,8H2,(H,17,18). The third kappa shape index (κ3) is 3.81. The van der Waals surface area contributed by atoms with Gasteiger partial charge in [-0.05, 0) is 24.3 Å². The molecule has 0 atom stereocenters. The highest BCUT2D eigenvalue weighted by Gasteiger charge is 2.07. The molecule has 2 aromatic rings. The second-order valence-corrected chi connectivity index (χ2v) is 5.63. The Morgan fingerprint density at radius 1 is 1.16 bits per heavy atom. The number of carboxylic acids is 1. The third-order valence-corrected chi connectivity index (χ3v) is 3.70. The summed E-state index contributed by atoms with van der Waals surface area (Å²) in [4.78, 5) is 10.9. The molecule has 0 heterocycles. The molecular weight excluding hydrogens is 376 g/mol. The molecule has 0 saturated carbocycles. The maximum absolute atomic E-state index is 10.9. The van der Waals surface area contributed by atoms with E-state index < -0.39 is 5.97 Å². The summed E-state index contributed by atoms with van der Waals surface area (Å²) in [6.45, 7) is 0.372. The fraction of sp³-hybridized carbons (Fsp3) is 0.0714. The zero-order valence-electron chi connectivity index (χ0n) is 9.77. The van der Waals surface area contributed by atoms with Gasteiger partial charge in [0.15, 0.2) is 0 Å². The Balaban J connectivity index is 2.16. The van der Waals surface area contributed by atoms with Gasteiger partial charge in [-0.25, -0.2) is 4.79 Å². The van der Waals surface area contributed by atoms with Crippen LogP contribution in [0.15, 0.2) is 51.4 Å².